The van der Waals surface area contributed by atoms with E-state index < -0.39 is 5.97 Å². The first-order valence-electron chi connectivity index (χ1n) is 3.73. The highest BCUT2D eigenvalue weighted by molar-refractivity contribution is 7.99. The van der Waals surface area contributed by atoms with Crippen molar-refractivity contribution < 1.29 is 14.7 Å². The third kappa shape index (κ3) is 7.40. The van der Waals surface area contributed by atoms with Crippen LogP contribution in [0.2, 0.25) is 0 Å². The summed E-state index contributed by atoms with van der Waals surface area (Å²) in [6.07, 6.45) is 0.617. The lowest BCUT2D eigenvalue weighted by atomic mass is 10.5. The Labute approximate surface area is 75.7 Å². The van der Waals surface area contributed by atoms with Gasteiger partial charge < -0.3 is 10.4 Å². The van der Waals surface area contributed by atoms with Crippen LogP contribution < -0.4 is 5.32 Å². The van der Waals surface area contributed by atoms with E-state index in [4.69, 9.17) is 5.11 Å². The second-order valence-electron chi connectivity index (χ2n) is 2.15. The average molecular weight is 191 g/mol. The molecular formula is C7H13NO3S. The van der Waals surface area contributed by atoms with Crippen LogP contribution >= 0.6 is 11.8 Å². The molecule has 0 fully saturated rings. The van der Waals surface area contributed by atoms with Crippen LogP contribution in [0, 0.1) is 0 Å². The number of carboxylic acids is 1. The fourth-order valence-corrected chi connectivity index (χ4v) is 1.21. The summed E-state index contributed by atoms with van der Waals surface area (Å²) in [7, 11) is 0. The van der Waals surface area contributed by atoms with Crippen LogP contribution in [-0.2, 0) is 9.59 Å². The van der Waals surface area contributed by atoms with Crippen molar-refractivity contribution in [3.63, 3.8) is 0 Å². The second-order valence-corrected chi connectivity index (χ2v) is 3.26. The molecule has 0 unspecified atom stereocenters. The van der Waals surface area contributed by atoms with Crippen LogP contribution in [0.5, 0.6) is 0 Å². The summed E-state index contributed by atoms with van der Waals surface area (Å²) in [5, 5.41) is 10.9. The molecule has 0 aliphatic rings. The number of aliphatic carboxylic acids is 1. The minimum atomic E-state index is -0.802. The van der Waals surface area contributed by atoms with Gasteiger partial charge in [0.25, 0.3) is 0 Å². The molecule has 70 valence electrons. The van der Waals surface area contributed by atoms with E-state index in [0.29, 0.717) is 18.1 Å². The number of carboxylic acid groups (broad SMARTS) is 1. The predicted octanol–water partition coefficient (Wildman–Crippen LogP) is 0.678. The Morgan fingerprint density at radius 2 is 2.17 bits per heavy atom. The first-order valence-corrected chi connectivity index (χ1v) is 4.88. The Balaban J connectivity index is 3.11. The van der Waals surface area contributed by atoms with Gasteiger partial charge in [0.1, 0.15) is 0 Å². The van der Waals surface area contributed by atoms with Crippen molar-refractivity contribution in [3.8, 4) is 0 Å². The van der Waals surface area contributed by atoms with Crippen LogP contribution in [0.25, 0.3) is 0 Å². The molecule has 0 aromatic heterocycles. The van der Waals surface area contributed by atoms with Crippen molar-refractivity contribution in [1.82, 2.24) is 5.32 Å². The van der Waals surface area contributed by atoms with E-state index >= 15 is 0 Å². The van der Waals surface area contributed by atoms with E-state index in [0.717, 1.165) is 0 Å². The third-order valence-corrected chi connectivity index (χ3v) is 1.99. The Hall–Kier alpha value is -0.710. The number of carbonyl (C=O) groups excluding carboxylic acids is 1. The van der Waals surface area contributed by atoms with Gasteiger partial charge in [-0.2, -0.15) is 0 Å². The topological polar surface area (TPSA) is 66.4 Å². The van der Waals surface area contributed by atoms with Gasteiger partial charge in [0.2, 0.25) is 5.91 Å². The molecule has 0 radical (unpaired) electrons. The maximum Gasteiger partial charge on any atom is 0.304 e. The van der Waals surface area contributed by atoms with Crippen molar-refractivity contribution in [3.05, 3.63) is 0 Å². The molecule has 12 heavy (non-hydrogen) atoms. The molecule has 0 saturated carbocycles. The Morgan fingerprint density at radius 1 is 1.50 bits per heavy atom. The summed E-state index contributed by atoms with van der Waals surface area (Å²) in [6, 6.07) is 0. The quantitative estimate of drug-likeness (QED) is 0.478. The van der Waals surface area contributed by atoms with Gasteiger partial charge in [0, 0.05) is 12.2 Å². The summed E-state index contributed by atoms with van der Waals surface area (Å²) < 4.78 is 0. The molecular weight excluding hydrogens is 178 g/mol. The van der Waals surface area contributed by atoms with Gasteiger partial charge in [-0.25, -0.2) is 0 Å². The molecule has 2 N–H and O–H groups in total. The van der Waals surface area contributed by atoms with E-state index in [1.807, 2.05) is 0 Å². The minimum absolute atomic E-state index is 0.00201. The molecule has 0 aromatic rings. The molecule has 0 aliphatic heterocycles. The molecule has 0 atom stereocenters. The number of rotatable bonds is 6. The van der Waals surface area contributed by atoms with Crippen LogP contribution in [0.1, 0.15) is 19.8 Å². The van der Waals surface area contributed by atoms with Gasteiger partial charge in [0.05, 0.1) is 12.3 Å². The molecule has 5 heteroatoms. The number of amides is 1. The van der Waals surface area contributed by atoms with Crippen LogP contribution in [-0.4, -0.2) is 28.6 Å². The lowest BCUT2D eigenvalue weighted by Crippen LogP contribution is -2.21. The molecule has 4 nitrogen and oxygen atoms in total. The second kappa shape index (κ2) is 6.97. The van der Waals surface area contributed by atoms with Crippen molar-refractivity contribution in [1.29, 1.82) is 0 Å². The van der Waals surface area contributed by atoms with E-state index in [1.165, 1.54) is 11.8 Å². The lowest BCUT2D eigenvalue weighted by molar-refractivity contribution is -0.136. The van der Waals surface area contributed by atoms with Crippen molar-refractivity contribution in [2.75, 3.05) is 11.6 Å². The normalized spacial score (nSPS) is 9.42. The highest BCUT2D eigenvalue weighted by Gasteiger charge is 1.97. The molecule has 0 rings (SSSR count). The van der Waals surface area contributed by atoms with Gasteiger partial charge in [-0.1, -0.05) is 6.92 Å². The van der Waals surface area contributed by atoms with Gasteiger partial charge in [-0.15, -0.1) is 11.8 Å². The Bertz CT molecular complexity index is 161. The van der Waals surface area contributed by atoms with Crippen LogP contribution in [0.4, 0.5) is 0 Å². The molecule has 0 heterocycles. The molecule has 0 spiro atoms. The highest BCUT2D eigenvalue weighted by atomic mass is 32.2. The molecule has 0 aliphatic carbocycles. The summed E-state index contributed by atoms with van der Waals surface area (Å²) in [6.45, 7) is 1.78. The molecule has 0 bridgehead atoms. The van der Waals surface area contributed by atoms with E-state index in [9.17, 15) is 9.59 Å². The standard InChI is InChI=1S/C7H13NO3S/c1-2-6(9)8-5-12-4-3-7(10)11/h2-5H2,1H3,(H,8,9)(H,10,11). The largest absolute Gasteiger partial charge is 0.481 e. The number of hydrogen-bond donors (Lipinski definition) is 2. The molecule has 0 saturated heterocycles. The Kier molecular flexibility index (Phi) is 6.55. The van der Waals surface area contributed by atoms with Crippen molar-refractivity contribution >= 4 is 23.6 Å². The van der Waals surface area contributed by atoms with Crippen molar-refractivity contribution in [2.45, 2.75) is 19.8 Å². The summed E-state index contributed by atoms with van der Waals surface area (Å²) in [4.78, 5) is 20.7. The van der Waals surface area contributed by atoms with E-state index in [2.05, 4.69) is 5.32 Å². The van der Waals surface area contributed by atoms with Crippen LogP contribution in [0.15, 0.2) is 0 Å². The lowest BCUT2D eigenvalue weighted by Gasteiger charge is -2.01. The van der Waals surface area contributed by atoms with Crippen LogP contribution in [0.3, 0.4) is 0 Å². The van der Waals surface area contributed by atoms with Gasteiger partial charge in [-0.05, 0) is 0 Å². The first-order chi connectivity index (χ1) is 5.66. The third-order valence-electron chi connectivity index (χ3n) is 1.15. The summed E-state index contributed by atoms with van der Waals surface area (Å²) >= 11 is 1.41. The SMILES string of the molecule is CCC(=O)NCSCCC(=O)O. The summed E-state index contributed by atoms with van der Waals surface area (Å²) in [5.41, 5.74) is 0. The monoisotopic (exact) mass is 191 g/mol. The zero-order chi connectivity index (χ0) is 9.40. The fourth-order valence-electron chi connectivity index (χ4n) is 0.488. The van der Waals surface area contributed by atoms with E-state index in [1.54, 1.807) is 6.92 Å². The zero-order valence-electron chi connectivity index (χ0n) is 7.00. The number of nitrogens with one attached hydrogen (secondary N) is 1. The predicted molar refractivity (Wildman–Crippen MR) is 48.0 cm³/mol. The van der Waals surface area contributed by atoms with Gasteiger partial charge in [-0.3, -0.25) is 9.59 Å². The molecule has 1 amide bonds. The number of thioether (sulfide) groups is 1. The van der Waals surface area contributed by atoms with Gasteiger partial charge >= 0.3 is 5.97 Å². The maximum absolute atomic E-state index is 10.7. The summed E-state index contributed by atoms with van der Waals surface area (Å²) in [5.74, 6) is 0.237. The number of hydrogen-bond acceptors (Lipinski definition) is 3. The maximum atomic E-state index is 10.7. The average Bonchev–Trinajstić information content (AvgIpc) is 2.03. The van der Waals surface area contributed by atoms with E-state index in [-0.39, 0.29) is 12.3 Å². The zero-order valence-corrected chi connectivity index (χ0v) is 7.82. The minimum Gasteiger partial charge on any atom is -0.481 e. The Morgan fingerprint density at radius 3 is 2.67 bits per heavy atom. The number of carbonyl (C=O) groups is 2. The smallest absolute Gasteiger partial charge is 0.304 e. The molecule has 0 aromatic carbocycles. The fraction of sp³-hybridized carbons (Fsp3) is 0.714. The van der Waals surface area contributed by atoms with Crippen molar-refractivity contribution in [2.24, 2.45) is 0 Å². The highest BCUT2D eigenvalue weighted by Crippen LogP contribution is 1.99. The van der Waals surface area contributed by atoms with Gasteiger partial charge in [0.15, 0.2) is 0 Å². The first kappa shape index (κ1) is 11.3.